The minimum Gasteiger partial charge on any atom is -0.496 e. The quantitative estimate of drug-likeness (QED) is 0.719. The summed E-state index contributed by atoms with van der Waals surface area (Å²) in [6, 6.07) is 5.92. The highest BCUT2D eigenvalue weighted by atomic mass is 16.5. The van der Waals surface area contributed by atoms with Crippen LogP contribution < -0.4 is 10.1 Å². The monoisotopic (exact) mass is 223 g/mol. The van der Waals surface area contributed by atoms with Crippen LogP contribution in [0.4, 0.5) is 0 Å². The Kier molecular flexibility index (Phi) is 4.79. The SMILES string of the molecule is COc1c(C)cccc1CNCCC(=O)O. The average Bonchev–Trinajstić information content (AvgIpc) is 2.24. The van der Waals surface area contributed by atoms with Gasteiger partial charge in [0.25, 0.3) is 0 Å². The van der Waals surface area contributed by atoms with Crippen molar-refractivity contribution in [2.45, 2.75) is 19.9 Å². The number of carboxylic acids is 1. The maximum absolute atomic E-state index is 10.3. The molecule has 2 N–H and O–H groups in total. The molecule has 0 heterocycles. The van der Waals surface area contributed by atoms with Crippen LogP contribution in [0.1, 0.15) is 17.5 Å². The number of hydrogen-bond donors (Lipinski definition) is 2. The number of aryl methyl sites for hydroxylation is 1. The number of methoxy groups -OCH3 is 1. The molecule has 0 aliphatic carbocycles. The second-order valence-corrected chi connectivity index (χ2v) is 3.59. The van der Waals surface area contributed by atoms with E-state index in [1.165, 1.54) is 0 Å². The fraction of sp³-hybridized carbons (Fsp3) is 0.417. The van der Waals surface area contributed by atoms with Gasteiger partial charge >= 0.3 is 5.97 Å². The van der Waals surface area contributed by atoms with E-state index in [2.05, 4.69) is 5.32 Å². The lowest BCUT2D eigenvalue weighted by Gasteiger charge is -2.11. The van der Waals surface area contributed by atoms with E-state index in [1.54, 1.807) is 7.11 Å². The van der Waals surface area contributed by atoms with E-state index in [1.807, 2.05) is 25.1 Å². The summed E-state index contributed by atoms with van der Waals surface area (Å²) >= 11 is 0. The molecule has 0 spiro atoms. The van der Waals surface area contributed by atoms with Crippen LogP contribution in [0.25, 0.3) is 0 Å². The molecule has 4 heteroatoms. The number of nitrogens with one attached hydrogen (secondary N) is 1. The van der Waals surface area contributed by atoms with Gasteiger partial charge in [0, 0.05) is 18.7 Å². The second-order valence-electron chi connectivity index (χ2n) is 3.59. The van der Waals surface area contributed by atoms with Gasteiger partial charge in [-0.2, -0.15) is 0 Å². The molecule has 88 valence electrons. The van der Waals surface area contributed by atoms with Crippen LogP contribution in [0.5, 0.6) is 5.75 Å². The Balaban J connectivity index is 2.53. The van der Waals surface area contributed by atoms with Crippen molar-refractivity contribution < 1.29 is 14.6 Å². The van der Waals surface area contributed by atoms with Crippen molar-refractivity contribution in [2.24, 2.45) is 0 Å². The van der Waals surface area contributed by atoms with Gasteiger partial charge in [0.1, 0.15) is 5.75 Å². The van der Waals surface area contributed by atoms with E-state index in [0.717, 1.165) is 16.9 Å². The third-order valence-corrected chi connectivity index (χ3v) is 2.33. The lowest BCUT2D eigenvalue weighted by atomic mass is 10.1. The standard InChI is InChI=1S/C12H17NO3/c1-9-4-3-5-10(12(9)16-2)8-13-7-6-11(14)15/h3-5,13H,6-8H2,1-2H3,(H,14,15). The van der Waals surface area contributed by atoms with E-state index in [0.29, 0.717) is 13.1 Å². The summed E-state index contributed by atoms with van der Waals surface area (Å²) in [6.45, 7) is 3.07. The third-order valence-electron chi connectivity index (χ3n) is 2.33. The Labute approximate surface area is 95.2 Å². The fourth-order valence-corrected chi connectivity index (χ4v) is 1.56. The molecule has 0 saturated heterocycles. The van der Waals surface area contributed by atoms with E-state index < -0.39 is 5.97 Å². The third kappa shape index (κ3) is 3.55. The zero-order chi connectivity index (χ0) is 12.0. The Morgan fingerprint density at radius 3 is 2.88 bits per heavy atom. The molecule has 0 bridgehead atoms. The summed E-state index contributed by atoms with van der Waals surface area (Å²) in [4.78, 5) is 10.3. The molecule has 0 aliphatic rings. The van der Waals surface area contributed by atoms with Crippen molar-refractivity contribution in [1.82, 2.24) is 5.32 Å². The van der Waals surface area contributed by atoms with Gasteiger partial charge < -0.3 is 15.2 Å². The van der Waals surface area contributed by atoms with Crippen molar-refractivity contribution in [3.8, 4) is 5.75 Å². The van der Waals surface area contributed by atoms with Crippen LogP contribution in [-0.2, 0) is 11.3 Å². The molecule has 0 aliphatic heterocycles. The number of para-hydroxylation sites is 1. The number of hydrogen-bond acceptors (Lipinski definition) is 3. The molecule has 1 aromatic carbocycles. The van der Waals surface area contributed by atoms with Gasteiger partial charge in [0.05, 0.1) is 13.5 Å². The van der Waals surface area contributed by atoms with E-state index in [9.17, 15) is 4.79 Å². The zero-order valence-corrected chi connectivity index (χ0v) is 9.62. The van der Waals surface area contributed by atoms with Gasteiger partial charge in [0.2, 0.25) is 0 Å². The first kappa shape index (κ1) is 12.5. The first-order chi connectivity index (χ1) is 7.65. The number of rotatable bonds is 6. The van der Waals surface area contributed by atoms with Crippen molar-refractivity contribution in [3.63, 3.8) is 0 Å². The molecule has 0 unspecified atom stereocenters. The molecule has 1 aromatic rings. The number of carboxylic acid groups (broad SMARTS) is 1. The predicted octanol–water partition coefficient (Wildman–Crippen LogP) is 1.57. The molecule has 4 nitrogen and oxygen atoms in total. The first-order valence-corrected chi connectivity index (χ1v) is 5.20. The Hall–Kier alpha value is -1.55. The average molecular weight is 223 g/mol. The minimum absolute atomic E-state index is 0.133. The first-order valence-electron chi connectivity index (χ1n) is 5.20. The molecule has 0 radical (unpaired) electrons. The van der Waals surface area contributed by atoms with Crippen LogP contribution >= 0.6 is 0 Å². The topological polar surface area (TPSA) is 58.6 Å². The summed E-state index contributed by atoms with van der Waals surface area (Å²) in [7, 11) is 1.64. The molecule has 0 amide bonds. The second kappa shape index (κ2) is 6.12. The zero-order valence-electron chi connectivity index (χ0n) is 9.62. The van der Waals surface area contributed by atoms with Crippen LogP contribution in [0.3, 0.4) is 0 Å². The Morgan fingerprint density at radius 1 is 1.50 bits per heavy atom. The molecule has 1 rings (SSSR count). The minimum atomic E-state index is -0.788. The smallest absolute Gasteiger partial charge is 0.304 e. The van der Waals surface area contributed by atoms with Crippen molar-refractivity contribution in [3.05, 3.63) is 29.3 Å². The van der Waals surface area contributed by atoms with Crippen molar-refractivity contribution in [2.75, 3.05) is 13.7 Å². The van der Waals surface area contributed by atoms with E-state index >= 15 is 0 Å². The van der Waals surface area contributed by atoms with Crippen LogP contribution in [-0.4, -0.2) is 24.7 Å². The van der Waals surface area contributed by atoms with Crippen LogP contribution in [0, 0.1) is 6.92 Å². The van der Waals surface area contributed by atoms with E-state index in [4.69, 9.17) is 9.84 Å². The maximum Gasteiger partial charge on any atom is 0.304 e. The van der Waals surface area contributed by atoms with Gasteiger partial charge in [-0.05, 0) is 12.5 Å². The van der Waals surface area contributed by atoms with Gasteiger partial charge in [0.15, 0.2) is 0 Å². The molecular weight excluding hydrogens is 206 g/mol. The van der Waals surface area contributed by atoms with Crippen LogP contribution in [0.2, 0.25) is 0 Å². The molecule has 0 aromatic heterocycles. The summed E-state index contributed by atoms with van der Waals surface area (Å²) in [5, 5.41) is 11.6. The largest absolute Gasteiger partial charge is 0.496 e. The molecule has 0 fully saturated rings. The Morgan fingerprint density at radius 2 is 2.25 bits per heavy atom. The highest BCUT2D eigenvalue weighted by molar-refractivity contribution is 5.66. The van der Waals surface area contributed by atoms with Crippen molar-refractivity contribution >= 4 is 5.97 Å². The number of carbonyl (C=O) groups is 1. The van der Waals surface area contributed by atoms with Gasteiger partial charge in [-0.1, -0.05) is 18.2 Å². The van der Waals surface area contributed by atoms with Crippen LogP contribution in [0.15, 0.2) is 18.2 Å². The highest BCUT2D eigenvalue weighted by Gasteiger charge is 2.05. The highest BCUT2D eigenvalue weighted by Crippen LogP contribution is 2.22. The molecule has 0 saturated carbocycles. The predicted molar refractivity (Wildman–Crippen MR) is 61.7 cm³/mol. The molecule has 0 atom stereocenters. The summed E-state index contributed by atoms with van der Waals surface area (Å²) in [6.07, 6.45) is 0.133. The number of ether oxygens (including phenoxy) is 1. The lowest BCUT2D eigenvalue weighted by molar-refractivity contribution is -0.136. The normalized spacial score (nSPS) is 10.1. The molecule has 16 heavy (non-hydrogen) atoms. The fourth-order valence-electron chi connectivity index (χ4n) is 1.56. The maximum atomic E-state index is 10.3. The number of benzene rings is 1. The van der Waals surface area contributed by atoms with Crippen molar-refractivity contribution in [1.29, 1.82) is 0 Å². The van der Waals surface area contributed by atoms with Gasteiger partial charge in [-0.25, -0.2) is 0 Å². The van der Waals surface area contributed by atoms with Gasteiger partial charge in [-0.15, -0.1) is 0 Å². The summed E-state index contributed by atoms with van der Waals surface area (Å²) in [5.41, 5.74) is 2.13. The number of aliphatic carboxylic acids is 1. The summed E-state index contributed by atoms with van der Waals surface area (Å²) in [5.74, 6) is 0.0778. The lowest BCUT2D eigenvalue weighted by Crippen LogP contribution is -2.18. The molecular formula is C12H17NO3. The van der Waals surface area contributed by atoms with E-state index in [-0.39, 0.29) is 6.42 Å². The van der Waals surface area contributed by atoms with Gasteiger partial charge in [-0.3, -0.25) is 4.79 Å². The Bertz CT molecular complexity index is 363. The summed E-state index contributed by atoms with van der Waals surface area (Å²) < 4.78 is 5.30.